The molecule has 0 aliphatic carbocycles. The van der Waals surface area contributed by atoms with E-state index >= 15 is 0 Å². The molecule has 4 unspecified atom stereocenters. The highest BCUT2D eigenvalue weighted by Gasteiger charge is 2.16. The first-order valence-electron chi connectivity index (χ1n) is 7.19. The Kier molecular flexibility index (Phi) is 9.02. The van der Waals surface area contributed by atoms with Gasteiger partial charge in [0.25, 0.3) is 0 Å². The lowest BCUT2D eigenvalue weighted by atomic mass is 9.84. The molecule has 0 spiro atoms. The Bertz CT molecular complexity index is 154. The van der Waals surface area contributed by atoms with Crippen molar-refractivity contribution in [2.45, 2.75) is 79.2 Å². The molecule has 0 saturated carbocycles. The van der Waals surface area contributed by atoms with Crippen LogP contribution in [-0.4, -0.2) is 11.2 Å². The van der Waals surface area contributed by atoms with E-state index in [1.54, 1.807) is 0 Å². The normalized spacial score (nSPS) is 19.1. The van der Waals surface area contributed by atoms with Crippen LogP contribution in [0.3, 0.4) is 0 Å². The largest absolute Gasteiger partial charge is 0.393 e. The van der Waals surface area contributed by atoms with Crippen LogP contribution < -0.4 is 0 Å². The summed E-state index contributed by atoms with van der Waals surface area (Å²) in [6.45, 7) is 11.0. The summed E-state index contributed by atoms with van der Waals surface area (Å²) in [6, 6.07) is 0. The first kappa shape index (κ1) is 16.0. The highest BCUT2D eigenvalue weighted by molar-refractivity contribution is 4.68. The second-order valence-corrected chi connectivity index (χ2v) is 5.71. The van der Waals surface area contributed by atoms with Crippen molar-refractivity contribution in [2.24, 2.45) is 17.8 Å². The molecule has 4 atom stereocenters. The molecule has 0 heterocycles. The summed E-state index contributed by atoms with van der Waals surface area (Å²) < 4.78 is 0. The Balaban J connectivity index is 3.85. The maximum atomic E-state index is 9.50. The average molecular weight is 228 g/mol. The molecule has 1 heteroatoms. The zero-order valence-electron chi connectivity index (χ0n) is 12.0. The lowest BCUT2D eigenvalue weighted by Crippen LogP contribution is -2.17. The molecule has 0 rings (SSSR count). The molecule has 0 aromatic rings. The minimum Gasteiger partial charge on any atom is -0.393 e. The van der Waals surface area contributed by atoms with Crippen LogP contribution >= 0.6 is 0 Å². The van der Waals surface area contributed by atoms with Crippen molar-refractivity contribution < 1.29 is 5.11 Å². The standard InChI is InChI=1S/C15H32O/c1-6-8-9-15(7-2)11-12(3)10-13(4)14(5)16/h12-16H,6-11H2,1-5H3. The maximum absolute atomic E-state index is 9.50. The average Bonchev–Trinajstić information content (AvgIpc) is 2.23. The third-order valence-corrected chi connectivity index (χ3v) is 3.88. The highest BCUT2D eigenvalue weighted by atomic mass is 16.3. The van der Waals surface area contributed by atoms with Gasteiger partial charge in [-0.15, -0.1) is 0 Å². The van der Waals surface area contributed by atoms with Gasteiger partial charge in [-0.25, -0.2) is 0 Å². The van der Waals surface area contributed by atoms with Gasteiger partial charge in [0.2, 0.25) is 0 Å². The molecule has 0 aromatic heterocycles. The number of hydrogen-bond donors (Lipinski definition) is 1. The Labute approximate surface area is 103 Å². The summed E-state index contributed by atoms with van der Waals surface area (Å²) in [5, 5.41) is 9.50. The van der Waals surface area contributed by atoms with Crippen LogP contribution in [0.1, 0.15) is 73.1 Å². The van der Waals surface area contributed by atoms with Crippen LogP contribution in [0.2, 0.25) is 0 Å². The van der Waals surface area contributed by atoms with E-state index in [4.69, 9.17) is 0 Å². The van der Waals surface area contributed by atoms with Crippen LogP contribution in [0, 0.1) is 17.8 Å². The van der Waals surface area contributed by atoms with E-state index in [2.05, 4.69) is 27.7 Å². The molecule has 0 saturated heterocycles. The van der Waals surface area contributed by atoms with Crippen molar-refractivity contribution in [1.82, 2.24) is 0 Å². The maximum Gasteiger partial charge on any atom is 0.0537 e. The molecule has 0 aliphatic rings. The number of hydrogen-bond acceptors (Lipinski definition) is 1. The van der Waals surface area contributed by atoms with Crippen LogP contribution in [0.4, 0.5) is 0 Å². The fraction of sp³-hybridized carbons (Fsp3) is 1.00. The topological polar surface area (TPSA) is 20.2 Å². The molecule has 0 fully saturated rings. The number of aliphatic hydroxyl groups excluding tert-OH is 1. The minimum absolute atomic E-state index is 0.154. The fourth-order valence-corrected chi connectivity index (χ4v) is 2.48. The molecule has 1 nitrogen and oxygen atoms in total. The van der Waals surface area contributed by atoms with E-state index in [1.165, 1.54) is 38.5 Å². The minimum atomic E-state index is -0.154. The van der Waals surface area contributed by atoms with E-state index in [0.717, 1.165) is 11.8 Å². The smallest absolute Gasteiger partial charge is 0.0537 e. The number of rotatable bonds is 9. The molecular weight excluding hydrogens is 196 g/mol. The van der Waals surface area contributed by atoms with E-state index in [9.17, 15) is 5.11 Å². The van der Waals surface area contributed by atoms with Crippen molar-refractivity contribution in [3.63, 3.8) is 0 Å². The van der Waals surface area contributed by atoms with Gasteiger partial charge in [0, 0.05) is 0 Å². The third kappa shape index (κ3) is 7.27. The molecular formula is C15H32O. The lowest BCUT2D eigenvalue weighted by molar-refractivity contribution is 0.116. The quantitative estimate of drug-likeness (QED) is 0.609. The zero-order chi connectivity index (χ0) is 12.6. The predicted molar refractivity (Wildman–Crippen MR) is 72.5 cm³/mol. The third-order valence-electron chi connectivity index (χ3n) is 3.88. The Morgan fingerprint density at radius 1 is 1.00 bits per heavy atom. The SMILES string of the molecule is CCCCC(CC)CC(C)CC(C)C(C)O. The Morgan fingerprint density at radius 2 is 1.62 bits per heavy atom. The summed E-state index contributed by atoms with van der Waals surface area (Å²) in [5.74, 6) is 2.10. The summed E-state index contributed by atoms with van der Waals surface area (Å²) in [6.07, 6.45) is 7.74. The summed E-state index contributed by atoms with van der Waals surface area (Å²) in [7, 11) is 0. The van der Waals surface area contributed by atoms with Crippen LogP contribution in [0.5, 0.6) is 0 Å². The molecule has 0 amide bonds. The monoisotopic (exact) mass is 228 g/mol. The second-order valence-electron chi connectivity index (χ2n) is 5.71. The lowest BCUT2D eigenvalue weighted by Gasteiger charge is -2.23. The fourth-order valence-electron chi connectivity index (χ4n) is 2.48. The first-order chi connectivity index (χ1) is 7.51. The predicted octanol–water partition coefficient (Wildman–Crippen LogP) is 4.64. The highest BCUT2D eigenvalue weighted by Crippen LogP contribution is 2.26. The van der Waals surface area contributed by atoms with Gasteiger partial charge in [0.15, 0.2) is 0 Å². The van der Waals surface area contributed by atoms with Crippen molar-refractivity contribution >= 4 is 0 Å². The van der Waals surface area contributed by atoms with Gasteiger partial charge in [0.1, 0.15) is 0 Å². The molecule has 0 aromatic carbocycles. The Morgan fingerprint density at radius 3 is 2.06 bits per heavy atom. The van der Waals surface area contributed by atoms with Gasteiger partial charge in [0.05, 0.1) is 6.10 Å². The van der Waals surface area contributed by atoms with Gasteiger partial charge in [-0.05, 0) is 37.5 Å². The van der Waals surface area contributed by atoms with Gasteiger partial charge >= 0.3 is 0 Å². The Hall–Kier alpha value is -0.0400. The van der Waals surface area contributed by atoms with E-state index < -0.39 is 0 Å². The van der Waals surface area contributed by atoms with E-state index in [1.807, 2.05) is 6.92 Å². The van der Waals surface area contributed by atoms with Crippen LogP contribution in [-0.2, 0) is 0 Å². The van der Waals surface area contributed by atoms with Gasteiger partial charge in [-0.1, -0.05) is 53.4 Å². The van der Waals surface area contributed by atoms with Crippen molar-refractivity contribution in [1.29, 1.82) is 0 Å². The van der Waals surface area contributed by atoms with E-state index in [0.29, 0.717) is 5.92 Å². The van der Waals surface area contributed by atoms with Crippen LogP contribution in [0.15, 0.2) is 0 Å². The number of aliphatic hydroxyl groups is 1. The molecule has 98 valence electrons. The van der Waals surface area contributed by atoms with Gasteiger partial charge < -0.3 is 5.11 Å². The van der Waals surface area contributed by atoms with E-state index in [-0.39, 0.29) is 6.10 Å². The summed E-state index contributed by atoms with van der Waals surface area (Å²) >= 11 is 0. The van der Waals surface area contributed by atoms with Crippen molar-refractivity contribution in [2.75, 3.05) is 0 Å². The van der Waals surface area contributed by atoms with Crippen molar-refractivity contribution in [3.05, 3.63) is 0 Å². The second kappa shape index (κ2) is 9.04. The first-order valence-corrected chi connectivity index (χ1v) is 7.19. The molecule has 1 N–H and O–H groups in total. The number of unbranched alkanes of at least 4 members (excludes halogenated alkanes) is 1. The summed E-state index contributed by atoms with van der Waals surface area (Å²) in [5.41, 5.74) is 0. The molecule has 0 bridgehead atoms. The molecule has 0 aliphatic heterocycles. The zero-order valence-corrected chi connectivity index (χ0v) is 12.0. The molecule has 0 radical (unpaired) electrons. The van der Waals surface area contributed by atoms with Crippen molar-refractivity contribution in [3.8, 4) is 0 Å². The van der Waals surface area contributed by atoms with Gasteiger partial charge in [-0.2, -0.15) is 0 Å². The summed E-state index contributed by atoms with van der Waals surface area (Å²) in [4.78, 5) is 0. The van der Waals surface area contributed by atoms with Gasteiger partial charge in [-0.3, -0.25) is 0 Å². The van der Waals surface area contributed by atoms with Crippen LogP contribution in [0.25, 0.3) is 0 Å². The molecule has 16 heavy (non-hydrogen) atoms.